The van der Waals surface area contributed by atoms with Gasteiger partial charge in [0.25, 0.3) is 0 Å². The summed E-state index contributed by atoms with van der Waals surface area (Å²) in [5, 5.41) is 3.62. The van der Waals surface area contributed by atoms with Crippen LogP contribution in [0.4, 0.5) is 0 Å². The third kappa shape index (κ3) is 7.80. The molecule has 3 unspecified atom stereocenters. The molecule has 0 aliphatic rings. The third-order valence-corrected chi connectivity index (χ3v) is 3.09. The number of hydrogen-bond donors (Lipinski definition) is 1. The summed E-state index contributed by atoms with van der Waals surface area (Å²) in [5.74, 6) is 0.809. The lowest BCUT2D eigenvalue weighted by atomic mass is 9.95. The van der Waals surface area contributed by atoms with Crippen molar-refractivity contribution in [1.29, 1.82) is 0 Å². The molecule has 0 amide bonds. The van der Waals surface area contributed by atoms with Gasteiger partial charge in [0.05, 0.1) is 6.10 Å². The van der Waals surface area contributed by atoms with Gasteiger partial charge < -0.3 is 10.1 Å². The van der Waals surface area contributed by atoms with Gasteiger partial charge in [-0.15, -0.1) is 0 Å². The van der Waals surface area contributed by atoms with Gasteiger partial charge in [0.1, 0.15) is 0 Å². The summed E-state index contributed by atoms with van der Waals surface area (Å²) < 4.78 is 5.34. The highest BCUT2D eigenvalue weighted by atomic mass is 16.5. The van der Waals surface area contributed by atoms with Crippen molar-refractivity contribution in [1.82, 2.24) is 5.32 Å². The van der Waals surface area contributed by atoms with Gasteiger partial charge in [-0.2, -0.15) is 0 Å². The van der Waals surface area contributed by atoms with E-state index in [0.29, 0.717) is 12.1 Å². The Hall–Kier alpha value is -0.0800. The number of rotatable bonds is 9. The first-order valence-corrected chi connectivity index (χ1v) is 6.40. The van der Waals surface area contributed by atoms with E-state index in [-0.39, 0.29) is 0 Å². The SMILES string of the molecule is CCCNC(CC(C)CC)CC(C)OC. The molecule has 0 radical (unpaired) electrons. The highest BCUT2D eigenvalue weighted by Gasteiger charge is 2.14. The molecule has 1 N–H and O–H groups in total. The summed E-state index contributed by atoms with van der Waals surface area (Å²) in [6.07, 6.45) is 5.23. The fourth-order valence-electron chi connectivity index (χ4n) is 1.76. The van der Waals surface area contributed by atoms with Crippen LogP contribution in [0.1, 0.15) is 53.4 Å². The van der Waals surface area contributed by atoms with Crippen LogP contribution in [0.5, 0.6) is 0 Å². The van der Waals surface area contributed by atoms with E-state index in [4.69, 9.17) is 4.74 Å². The zero-order valence-corrected chi connectivity index (χ0v) is 11.2. The number of nitrogens with one attached hydrogen (secondary N) is 1. The smallest absolute Gasteiger partial charge is 0.0558 e. The first-order valence-electron chi connectivity index (χ1n) is 6.40. The maximum atomic E-state index is 5.34. The molecule has 2 nitrogen and oxygen atoms in total. The van der Waals surface area contributed by atoms with Crippen molar-refractivity contribution < 1.29 is 4.74 Å². The summed E-state index contributed by atoms with van der Waals surface area (Å²) in [5.41, 5.74) is 0. The second kappa shape index (κ2) is 9.17. The van der Waals surface area contributed by atoms with E-state index in [0.717, 1.165) is 18.9 Å². The lowest BCUT2D eigenvalue weighted by Gasteiger charge is -2.24. The average Bonchev–Trinajstić information content (AvgIpc) is 2.25. The highest BCUT2D eigenvalue weighted by Crippen LogP contribution is 2.14. The molecule has 0 saturated heterocycles. The Balaban J connectivity index is 3.93. The highest BCUT2D eigenvalue weighted by molar-refractivity contribution is 4.72. The molecule has 0 aliphatic heterocycles. The molecule has 0 spiro atoms. The van der Waals surface area contributed by atoms with Gasteiger partial charge in [-0.1, -0.05) is 27.2 Å². The maximum Gasteiger partial charge on any atom is 0.0558 e. The van der Waals surface area contributed by atoms with Gasteiger partial charge in [0.15, 0.2) is 0 Å². The van der Waals surface area contributed by atoms with Crippen molar-refractivity contribution in [3.05, 3.63) is 0 Å². The molecule has 0 saturated carbocycles. The van der Waals surface area contributed by atoms with Crippen LogP contribution >= 0.6 is 0 Å². The van der Waals surface area contributed by atoms with Crippen LogP contribution in [0.3, 0.4) is 0 Å². The Morgan fingerprint density at radius 1 is 1.13 bits per heavy atom. The predicted octanol–water partition coefficient (Wildman–Crippen LogP) is 3.22. The minimum absolute atomic E-state index is 0.364. The molecular weight excluding hydrogens is 186 g/mol. The van der Waals surface area contributed by atoms with Crippen molar-refractivity contribution in [3.63, 3.8) is 0 Å². The fourth-order valence-corrected chi connectivity index (χ4v) is 1.76. The van der Waals surface area contributed by atoms with E-state index in [1.807, 2.05) is 0 Å². The minimum atomic E-state index is 0.364. The predicted molar refractivity (Wildman–Crippen MR) is 67.2 cm³/mol. The summed E-state index contributed by atoms with van der Waals surface area (Å²) in [6, 6.07) is 0.620. The van der Waals surface area contributed by atoms with Crippen LogP contribution in [0.25, 0.3) is 0 Å². The minimum Gasteiger partial charge on any atom is -0.382 e. The van der Waals surface area contributed by atoms with Gasteiger partial charge in [-0.05, 0) is 38.6 Å². The van der Waals surface area contributed by atoms with E-state index in [2.05, 4.69) is 33.0 Å². The van der Waals surface area contributed by atoms with Crippen molar-refractivity contribution in [2.24, 2.45) is 5.92 Å². The van der Waals surface area contributed by atoms with Gasteiger partial charge in [0.2, 0.25) is 0 Å². The molecule has 0 aliphatic carbocycles. The zero-order chi connectivity index (χ0) is 11.7. The van der Waals surface area contributed by atoms with Crippen LogP contribution in [0, 0.1) is 5.92 Å². The largest absolute Gasteiger partial charge is 0.382 e. The number of hydrogen-bond acceptors (Lipinski definition) is 2. The topological polar surface area (TPSA) is 21.3 Å². The molecule has 0 heterocycles. The second-order valence-electron chi connectivity index (χ2n) is 4.68. The fraction of sp³-hybridized carbons (Fsp3) is 1.00. The van der Waals surface area contributed by atoms with Gasteiger partial charge in [0, 0.05) is 13.2 Å². The van der Waals surface area contributed by atoms with Crippen LogP contribution in [0.15, 0.2) is 0 Å². The molecule has 0 bridgehead atoms. The molecule has 0 aromatic carbocycles. The molecule has 0 rings (SSSR count). The van der Waals surface area contributed by atoms with Crippen LogP contribution in [-0.2, 0) is 4.74 Å². The maximum absolute atomic E-state index is 5.34. The Morgan fingerprint density at radius 3 is 2.27 bits per heavy atom. The van der Waals surface area contributed by atoms with Crippen molar-refractivity contribution in [2.75, 3.05) is 13.7 Å². The summed E-state index contributed by atoms with van der Waals surface area (Å²) in [4.78, 5) is 0. The van der Waals surface area contributed by atoms with Crippen LogP contribution in [0.2, 0.25) is 0 Å². The lowest BCUT2D eigenvalue weighted by molar-refractivity contribution is 0.0972. The van der Waals surface area contributed by atoms with Crippen LogP contribution in [-0.4, -0.2) is 25.8 Å². The first-order chi connectivity index (χ1) is 7.13. The number of ether oxygens (including phenoxy) is 1. The monoisotopic (exact) mass is 215 g/mol. The van der Waals surface area contributed by atoms with E-state index in [1.165, 1.54) is 19.3 Å². The Bertz CT molecular complexity index is 126. The Labute approximate surface area is 95.8 Å². The molecule has 0 aromatic heterocycles. The van der Waals surface area contributed by atoms with E-state index >= 15 is 0 Å². The second-order valence-corrected chi connectivity index (χ2v) is 4.68. The number of methoxy groups -OCH3 is 1. The van der Waals surface area contributed by atoms with E-state index < -0.39 is 0 Å². The molecule has 15 heavy (non-hydrogen) atoms. The van der Waals surface area contributed by atoms with Crippen molar-refractivity contribution in [2.45, 2.75) is 65.5 Å². The zero-order valence-electron chi connectivity index (χ0n) is 11.2. The third-order valence-electron chi connectivity index (χ3n) is 3.09. The Morgan fingerprint density at radius 2 is 1.80 bits per heavy atom. The summed E-state index contributed by atoms with van der Waals surface area (Å²) >= 11 is 0. The van der Waals surface area contributed by atoms with E-state index in [1.54, 1.807) is 7.11 Å². The van der Waals surface area contributed by atoms with Crippen LogP contribution < -0.4 is 5.32 Å². The molecule has 0 aromatic rings. The van der Waals surface area contributed by atoms with Gasteiger partial charge in [-0.25, -0.2) is 0 Å². The normalized spacial score (nSPS) is 17.4. The molecular formula is C13H29NO. The average molecular weight is 215 g/mol. The molecule has 0 fully saturated rings. The van der Waals surface area contributed by atoms with Crippen molar-refractivity contribution >= 4 is 0 Å². The molecule has 3 atom stereocenters. The summed E-state index contributed by atoms with van der Waals surface area (Å²) in [7, 11) is 1.80. The first kappa shape index (κ1) is 14.9. The van der Waals surface area contributed by atoms with Gasteiger partial charge in [-0.3, -0.25) is 0 Å². The van der Waals surface area contributed by atoms with Gasteiger partial charge >= 0.3 is 0 Å². The molecule has 92 valence electrons. The standard InChI is InChI=1S/C13H29NO/c1-6-8-14-13(9-11(3)7-2)10-12(4)15-5/h11-14H,6-10H2,1-5H3. The van der Waals surface area contributed by atoms with Crippen molar-refractivity contribution in [3.8, 4) is 0 Å². The molecule has 2 heteroatoms. The van der Waals surface area contributed by atoms with E-state index in [9.17, 15) is 0 Å². The Kier molecular flexibility index (Phi) is 9.12. The lowest BCUT2D eigenvalue weighted by Crippen LogP contribution is -2.34. The summed E-state index contributed by atoms with van der Waals surface area (Å²) in [6.45, 7) is 10.1. The quantitative estimate of drug-likeness (QED) is 0.637.